The Labute approximate surface area is 126 Å². The van der Waals surface area contributed by atoms with Crippen LogP contribution in [0.4, 0.5) is 10.1 Å². The summed E-state index contributed by atoms with van der Waals surface area (Å²) in [7, 11) is 3.99. The second-order valence-electron chi connectivity index (χ2n) is 5.79. The minimum atomic E-state index is -0.180. The maximum atomic E-state index is 14.1. The van der Waals surface area contributed by atoms with E-state index in [0.717, 1.165) is 23.4 Å². The third-order valence-corrected chi connectivity index (χ3v) is 3.44. The first-order valence-corrected chi connectivity index (χ1v) is 7.27. The highest BCUT2D eigenvalue weighted by atomic mass is 19.1. The fraction of sp³-hybridized carbons (Fsp3) is 0.333. The van der Waals surface area contributed by atoms with Crippen LogP contribution in [0, 0.1) is 5.82 Å². The molecule has 112 valence electrons. The Balaban J connectivity index is 2.27. The molecule has 0 aliphatic rings. The summed E-state index contributed by atoms with van der Waals surface area (Å²) in [6, 6.07) is 13.7. The molecule has 0 aliphatic heterocycles. The third-order valence-electron chi connectivity index (χ3n) is 3.44. The second-order valence-corrected chi connectivity index (χ2v) is 5.79. The molecule has 0 bridgehead atoms. The first-order valence-electron chi connectivity index (χ1n) is 7.27. The van der Waals surface area contributed by atoms with Gasteiger partial charge in [-0.15, -0.1) is 0 Å². The lowest BCUT2D eigenvalue weighted by molar-refractivity contribution is 0.586. The van der Waals surface area contributed by atoms with E-state index in [2.05, 4.69) is 19.2 Å². The van der Waals surface area contributed by atoms with E-state index >= 15 is 0 Å². The lowest BCUT2D eigenvalue weighted by atomic mass is 10.0. The van der Waals surface area contributed by atoms with E-state index in [4.69, 9.17) is 0 Å². The molecule has 0 amide bonds. The highest BCUT2D eigenvalue weighted by molar-refractivity contribution is 5.67. The van der Waals surface area contributed by atoms with Gasteiger partial charge in [0.2, 0.25) is 0 Å². The molecule has 2 rings (SSSR count). The van der Waals surface area contributed by atoms with Crippen molar-refractivity contribution in [3.8, 4) is 11.1 Å². The number of nitrogens with one attached hydrogen (secondary N) is 1. The zero-order valence-electron chi connectivity index (χ0n) is 13.2. The minimum absolute atomic E-state index is 0.180. The van der Waals surface area contributed by atoms with Crippen molar-refractivity contribution >= 4 is 5.69 Å². The van der Waals surface area contributed by atoms with Gasteiger partial charge in [-0.1, -0.05) is 32.0 Å². The van der Waals surface area contributed by atoms with Crippen LogP contribution in [0.5, 0.6) is 0 Å². The number of benzene rings is 2. The Morgan fingerprint density at radius 3 is 2.29 bits per heavy atom. The van der Waals surface area contributed by atoms with Crippen LogP contribution >= 0.6 is 0 Å². The monoisotopic (exact) mass is 286 g/mol. The lowest BCUT2D eigenvalue weighted by Crippen LogP contribution is -2.21. The summed E-state index contributed by atoms with van der Waals surface area (Å²) in [5.74, 6) is -0.180. The molecule has 0 fully saturated rings. The molecule has 0 saturated carbocycles. The van der Waals surface area contributed by atoms with Crippen molar-refractivity contribution in [3.05, 3.63) is 53.8 Å². The van der Waals surface area contributed by atoms with Crippen LogP contribution in [-0.2, 0) is 6.54 Å². The molecule has 0 spiro atoms. The fourth-order valence-electron chi connectivity index (χ4n) is 2.16. The van der Waals surface area contributed by atoms with Crippen LogP contribution in [0.25, 0.3) is 11.1 Å². The SMILES string of the molecule is CC(C)NCc1ccc(F)c(-c2ccc(N(C)C)cc2)c1. The van der Waals surface area contributed by atoms with E-state index in [1.807, 2.05) is 55.4 Å². The van der Waals surface area contributed by atoms with E-state index in [0.29, 0.717) is 11.6 Å². The largest absolute Gasteiger partial charge is 0.378 e. The molecular weight excluding hydrogens is 263 g/mol. The third kappa shape index (κ3) is 4.05. The van der Waals surface area contributed by atoms with Crippen molar-refractivity contribution in [1.29, 1.82) is 0 Å². The predicted octanol–water partition coefficient (Wildman–Crippen LogP) is 4.06. The smallest absolute Gasteiger partial charge is 0.131 e. The first kappa shape index (κ1) is 15.5. The van der Waals surface area contributed by atoms with E-state index < -0.39 is 0 Å². The summed E-state index contributed by atoms with van der Waals surface area (Å²) < 4.78 is 14.1. The average Bonchev–Trinajstić information content (AvgIpc) is 2.46. The fourth-order valence-corrected chi connectivity index (χ4v) is 2.16. The number of nitrogens with zero attached hydrogens (tertiary/aromatic N) is 1. The van der Waals surface area contributed by atoms with Gasteiger partial charge in [0.15, 0.2) is 0 Å². The second kappa shape index (κ2) is 6.72. The number of rotatable bonds is 5. The van der Waals surface area contributed by atoms with Crippen LogP contribution in [0.2, 0.25) is 0 Å². The molecule has 2 aromatic carbocycles. The molecule has 0 unspecified atom stereocenters. The van der Waals surface area contributed by atoms with Crippen LogP contribution in [0.15, 0.2) is 42.5 Å². The van der Waals surface area contributed by atoms with Crippen molar-refractivity contribution in [2.45, 2.75) is 26.4 Å². The molecule has 0 radical (unpaired) electrons. The number of halogens is 1. The summed E-state index contributed by atoms with van der Waals surface area (Å²) >= 11 is 0. The topological polar surface area (TPSA) is 15.3 Å². The highest BCUT2D eigenvalue weighted by Crippen LogP contribution is 2.26. The van der Waals surface area contributed by atoms with Gasteiger partial charge in [-0.2, -0.15) is 0 Å². The molecule has 2 nitrogen and oxygen atoms in total. The molecule has 0 saturated heterocycles. The van der Waals surface area contributed by atoms with Crippen molar-refractivity contribution in [3.63, 3.8) is 0 Å². The molecule has 0 atom stereocenters. The van der Waals surface area contributed by atoms with Gasteiger partial charge in [-0.25, -0.2) is 4.39 Å². The van der Waals surface area contributed by atoms with Gasteiger partial charge in [0, 0.05) is 37.9 Å². The Morgan fingerprint density at radius 1 is 1.05 bits per heavy atom. The highest BCUT2D eigenvalue weighted by Gasteiger charge is 2.07. The standard InChI is InChI=1S/C18H23FN2/c1-13(2)20-12-14-5-10-18(19)17(11-14)15-6-8-16(9-7-15)21(3)4/h5-11,13,20H,12H2,1-4H3. The zero-order chi connectivity index (χ0) is 15.4. The van der Waals surface area contributed by atoms with Gasteiger partial charge in [0.25, 0.3) is 0 Å². The van der Waals surface area contributed by atoms with E-state index in [-0.39, 0.29) is 5.82 Å². The quantitative estimate of drug-likeness (QED) is 0.892. The normalized spacial score (nSPS) is 11.0. The maximum Gasteiger partial charge on any atom is 0.131 e. The summed E-state index contributed by atoms with van der Waals surface area (Å²) in [6.07, 6.45) is 0. The summed E-state index contributed by atoms with van der Waals surface area (Å²) in [4.78, 5) is 2.03. The van der Waals surface area contributed by atoms with Crippen LogP contribution in [0.3, 0.4) is 0 Å². The first-order chi connectivity index (χ1) is 9.97. The van der Waals surface area contributed by atoms with Crippen LogP contribution < -0.4 is 10.2 Å². The molecular formula is C18H23FN2. The van der Waals surface area contributed by atoms with Gasteiger partial charge < -0.3 is 10.2 Å². The van der Waals surface area contributed by atoms with E-state index in [1.54, 1.807) is 6.07 Å². The Hall–Kier alpha value is -1.87. The summed E-state index contributed by atoms with van der Waals surface area (Å²) in [5.41, 5.74) is 3.77. The minimum Gasteiger partial charge on any atom is -0.378 e. The van der Waals surface area contributed by atoms with Crippen LogP contribution in [0.1, 0.15) is 19.4 Å². The molecule has 2 aromatic rings. The van der Waals surface area contributed by atoms with Gasteiger partial charge in [0.05, 0.1) is 0 Å². The van der Waals surface area contributed by atoms with Gasteiger partial charge in [-0.05, 0) is 35.4 Å². The van der Waals surface area contributed by atoms with E-state index in [1.165, 1.54) is 0 Å². The molecule has 1 N–H and O–H groups in total. The molecule has 21 heavy (non-hydrogen) atoms. The number of anilines is 1. The maximum absolute atomic E-state index is 14.1. The van der Waals surface area contributed by atoms with Crippen molar-refractivity contribution in [1.82, 2.24) is 5.32 Å². The van der Waals surface area contributed by atoms with Crippen LogP contribution in [-0.4, -0.2) is 20.1 Å². The van der Waals surface area contributed by atoms with Gasteiger partial charge in [0.1, 0.15) is 5.82 Å². The zero-order valence-corrected chi connectivity index (χ0v) is 13.2. The van der Waals surface area contributed by atoms with Crippen molar-refractivity contribution in [2.75, 3.05) is 19.0 Å². The summed E-state index contributed by atoms with van der Waals surface area (Å²) in [5, 5.41) is 3.35. The Kier molecular flexibility index (Phi) is 4.97. The summed E-state index contributed by atoms with van der Waals surface area (Å²) in [6.45, 7) is 4.95. The van der Waals surface area contributed by atoms with Gasteiger partial charge >= 0.3 is 0 Å². The number of hydrogen-bond donors (Lipinski definition) is 1. The van der Waals surface area contributed by atoms with Crippen molar-refractivity contribution < 1.29 is 4.39 Å². The molecule has 0 aromatic heterocycles. The van der Waals surface area contributed by atoms with E-state index in [9.17, 15) is 4.39 Å². The molecule has 3 heteroatoms. The van der Waals surface area contributed by atoms with Crippen molar-refractivity contribution in [2.24, 2.45) is 0 Å². The average molecular weight is 286 g/mol. The van der Waals surface area contributed by atoms with Gasteiger partial charge in [-0.3, -0.25) is 0 Å². The Morgan fingerprint density at radius 2 is 1.71 bits per heavy atom. The lowest BCUT2D eigenvalue weighted by Gasteiger charge is -2.14. The molecule has 0 heterocycles. The predicted molar refractivity (Wildman–Crippen MR) is 88.1 cm³/mol. The Bertz CT molecular complexity index is 589. The molecule has 0 aliphatic carbocycles. The number of hydrogen-bond acceptors (Lipinski definition) is 2.